The van der Waals surface area contributed by atoms with Gasteiger partial charge in [0.15, 0.2) is 0 Å². The van der Waals surface area contributed by atoms with Gasteiger partial charge >= 0.3 is 0 Å². The molecule has 0 N–H and O–H groups in total. The third kappa shape index (κ3) is 18.3. The van der Waals surface area contributed by atoms with Gasteiger partial charge in [0.1, 0.15) is 0 Å². The van der Waals surface area contributed by atoms with E-state index in [1.807, 2.05) is 0 Å². The second kappa shape index (κ2) is 17.7. The van der Waals surface area contributed by atoms with Gasteiger partial charge in [0.25, 0.3) is 7.82 Å². The van der Waals surface area contributed by atoms with Gasteiger partial charge in [-0.2, -0.15) is 0 Å². The Morgan fingerprint density at radius 3 is 1.33 bits per heavy atom. The molecule has 0 spiro atoms. The van der Waals surface area contributed by atoms with Crippen molar-refractivity contribution in [2.75, 3.05) is 79.8 Å². The standard InChI is InChI=1S/C14H31O9P/c1-3-4-18-5-6-19-7-8-20-9-10-21-11-12-22-13-14-23-24(15,16)17-2/h3-14H2,1-2H3,(H,15,16)/p-1. The van der Waals surface area contributed by atoms with Gasteiger partial charge in [-0.15, -0.1) is 0 Å². The van der Waals surface area contributed by atoms with E-state index in [0.717, 1.165) is 20.1 Å². The Labute approximate surface area is 144 Å². The highest BCUT2D eigenvalue weighted by Crippen LogP contribution is 2.36. The minimum Gasteiger partial charge on any atom is -0.756 e. The molecular formula is C14H30O9P-. The average Bonchev–Trinajstić information content (AvgIpc) is 2.57. The van der Waals surface area contributed by atoms with E-state index in [1.54, 1.807) is 0 Å². The monoisotopic (exact) mass is 373 g/mol. The normalized spacial score (nSPS) is 14.0. The molecule has 0 saturated carbocycles. The number of rotatable bonds is 19. The molecule has 0 heterocycles. The maximum atomic E-state index is 10.8. The fourth-order valence-corrected chi connectivity index (χ4v) is 1.79. The predicted molar refractivity (Wildman–Crippen MR) is 85.0 cm³/mol. The van der Waals surface area contributed by atoms with Crippen molar-refractivity contribution in [2.24, 2.45) is 0 Å². The smallest absolute Gasteiger partial charge is 0.267 e. The molecule has 0 saturated heterocycles. The van der Waals surface area contributed by atoms with Crippen LogP contribution in [0.1, 0.15) is 13.3 Å². The summed E-state index contributed by atoms with van der Waals surface area (Å²) in [6.07, 6.45) is 1.01. The molecule has 0 aliphatic rings. The second-order valence-corrected chi connectivity index (χ2v) is 6.04. The SMILES string of the molecule is CCCOCCOCCOCCOCCOCCOP(=O)([O-])OC. The number of phosphoric ester groups is 1. The van der Waals surface area contributed by atoms with Crippen molar-refractivity contribution >= 4 is 7.82 Å². The maximum absolute atomic E-state index is 10.8. The molecule has 0 aromatic heterocycles. The van der Waals surface area contributed by atoms with Gasteiger partial charge in [0, 0.05) is 13.7 Å². The van der Waals surface area contributed by atoms with Crippen LogP contribution in [0.15, 0.2) is 0 Å². The van der Waals surface area contributed by atoms with Gasteiger partial charge in [-0.3, -0.25) is 4.57 Å². The summed E-state index contributed by atoms with van der Waals surface area (Å²) in [5.74, 6) is 0. The van der Waals surface area contributed by atoms with Gasteiger partial charge in [-0.1, -0.05) is 6.92 Å². The Morgan fingerprint density at radius 1 is 0.667 bits per heavy atom. The summed E-state index contributed by atoms with van der Waals surface area (Å²) in [6.45, 7) is 6.80. The zero-order valence-electron chi connectivity index (χ0n) is 14.6. The van der Waals surface area contributed by atoms with Crippen molar-refractivity contribution < 1.29 is 42.2 Å². The number of ether oxygens (including phenoxy) is 5. The van der Waals surface area contributed by atoms with Crippen LogP contribution in [-0.2, 0) is 37.3 Å². The van der Waals surface area contributed by atoms with Crippen molar-refractivity contribution in [3.8, 4) is 0 Å². The first-order chi connectivity index (χ1) is 11.6. The molecule has 0 fully saturated rings. The summed E-state index contributed by atoms with van der Waals surface area (Å²) in [5, 5.41) is 0. The molecule has 1 unspecified atom stereocenters. The molecule has 0 bridgehead atoms. The largest absolute Gasteiger partial charge is 0.756 e. The van der Waals surface area contributed by atoms with E-state index in [4.69, 9.17) is 23.7 Å². The topological polar surface area (TPSA) is 105 Å². The first-order valence-electron chi connectivity index (χ1n) is 8.02. The van der Waals surface area contributed by atoms with Crippen molar-refractivity contribution in [1.82, 2.24) is 0 Å². The minimum atomic E-state index is -4.16. The molecule has 0 aliphatic carbocycles. The zero-order valence-corrected chi connectivity index (χ0v) is 15.5. The quantitative estimate of drug-likeness (QED) is 0.238. The van der Waals surface area contributed by atoms with Crippen molar-refractivity contribution in [1.29, 1.82) is 0 Å². The highest BCUT2D eigenvalue weighted by molar-refractivity contribution is 7.45. The number of hydrogen-bond acceptors (Lipinski definition) is 9. The first-order valence-corrected chi connectivity index (χ1v) is 9.48. The summed E-state index contributed by atoms with van der Waals surface area (Å²) in [7, 11) is -3.12. The molecule has 9 nitrogen and oxygen atoms in total. The second-order valence-electron chi connectivity index (χ2n) is 4.52. The summed E-state index contributed by atoms with van der Waals surface area (Å²) >= 11 is 0. The molecule has 24 heavy (non-hydrogen) atoms. The van der Waals surface area contributed by atoms with Gasteiger partial charge in [-0.05, 0) is 6.42 Å². The van der Waals surface area contributed by atoms with Crippen LogP contribution >= 0.6 is 7.82 Å². The van der Waals surface area contributed by atoms with Crippen LogP contribution in [-0.4, -0.2) is 79.8 Å². The zero-order chi connectivity index (χ0) is 17.9. The van der Waals surface area contributed by atoms with Gasteiger partial charge < -0.3 is 37.6 Å². The lowest BCUT2D eigenvalue weighted by Crippen LogP contribution is -2.14. The van der Waals surface area contributed by atoms with E-state index in [-0.39, 0.29) is 13.2 Å². The van der Waals surface area contributed by atoms with Crippen LogP contribution in [0.25, 0.3) is 0 Å². The molecule has 0 radical (unpaired) electrons. The Bertz CT molecular complexity index is 304. The summed E-state index contributed by atoms with van der Waals surface area (Å²) in [4.78, 5) is 10.8. The van der Waals surface area contributed by atoms with E-state index in [2.05, 4.69) is 16.0 Å². The Morgan fingerprint density at radius 2 is 1.00 bits per heavy atom. The predicted octanol–water partition coefficient (Wildman–Crippen LogP) is 0.611. The molecule has 0 rings (SSSR count). The lowest BCUT2D eigenvalue weighted by atomic mass is 10.5. The number of phosphoric acid groups is 1. The van der Waals surface area contributed by atoms with Crippen LogP contribution in [0.3, 0.4) is 0 Å². The summed E-state index contributed by atoms with van der Waals surface area (Å²) in [5.41, 5.74) is 0. The van der Waals surface area contributed by atoms with Crippen LogP contribution in [0.4, 0.5) is 0 Å². The lowest BCUT2D eigenvalue weighted by Gasteiger charge is -2.19. The number of hydrogen-bond donors (Lipinski definition) is 0. The fourth-order valence-electron chi connectivity index (χ4n) is 1.39. The molecule has 0 aromatic rings. The molecule has 0 aromatic carbocycles. The Kier molecular flexibility index (Phi) is 17.7. The molecule has 0 aliphatic heterocycles. The minimum absolute atomic E-state index is 0.0821. The fraction of sp³-hybridized carbons (Fsp3) is 1.00. The Hall–Kier alpha value is -0.0900. The van der Waals surface area contributed by atoms with E-state index in [0.29, 0.717) is 52.9 Å². The molecule has 146 valence electrons. The van der Waals surface area contributed by atoms with Crippen LogP contribution in [0.5, 0.6) is 0 Å². The van der Waals surface area contributed by atoms with Crippen molar-refractivity contribution in [2.45, 2.75) is 13.3 Å². The summed E-state index contributed by atoms with van der Waals surface area (Å²) in [6, 6.07) is 0. The highest BCUT2D eigenvalue weighted by Gasteiger charge is 2.04. The van der Waals surface area contributed by atoms with E-state index in [1.165, 1.54) is 0 Å². The molecule has 10 heteroatoms. The van der Waals surface area contributed by atoms with Crippen LogP contribution < -0.4 is 4.89 Å². The van der Waals surface area contributed by atoms with Gasteiger partial charge in [0.2, 0.25) is 0 Å². The third-order valence-corrected chi connectivity index (χ3v) is 3.48. The third-order valence-electron chi connectivity index (χ3n) is 2.54. The van der Waals surface area contributed by atoms with Crippen LogP contribution in [0.2, 0.25) is 0 Å². The van der Waals surface area contributed by atoms with Gasteiger partial charge in [0.05, 0.1) is 66.1 Å². The van der Waals surface area contributed by atoms with E-state index >= 15 is 0 Å². The molecule has 1 atom stereocenters. The van der Waals surface area contributed by atoms with E-state index < -0.39 is 7.82 Å². The highest BCUT2D eigenvalue weighted by atomic mass is 31.2. The van der Waals surface area contributed by atoms with Crippen molar-refractivity contribution in [3.05, 3.63) is 0 Å². The molecule has 0 amide bonds. The van der Waals surface area contributed by atoms with Gasteiger partial charge in [-0.25, -0.2) is 0 Å². The maximum Gasteiger partial charge on any atom is 0.267 e. The Balaban J connectivity index is 3.06. The first kappa shape index (κ1) is 23.9. The van der Waals surface area contributed by atoms with Crippen molar-refractivity contribution in [3.63, 3.8) is 0 Å². The molecular weight excluding hydrogens is 343 g/mol. The average molecular weight is 373 g/mol. The van der Waals surface area contributed by atoms with E-state index in [9.17, 15) is 9.46 Å². The van der Waals surface area contributed by atoms with Crippen LogP contribution in [0, 0.1) is 0 Å². The summed E-state index contributed by atoms with van der Waals surface area (Å²) < 4.78 is 45.8. The lowest BCUT2D eigenvalue weighted by molar-refractivity contribution is -0.223.